The number of hydrogen-bond acceptors (Lipinski definition) is 8. The summed E-state index contributed by atoms with van der Waals surface area (Å²) >= 11 is 0. The molecular weight excluding hydrogens is 497 g/mol. The number of fused-ring (bicyclic) bond motifs is 1. The first-order valence-electron chi connectivity index (χ1n) is 13.4. The first-order chi connectivity index (χ1) is 18.8. The van der Waals surface area contributed by atoms with E-state index in [4.69, 9.17) is 4.74 Å². The van der Waals surface area contributed by atoms with Crippen molar-refractivity contribution < 1.29 is 9.13 Å². The molecule has 0 spiro atoms. The molecule has 202 valence electrons. The minimum Gasteiger partial charge on any atom is -0.381 e. The highest BCUT2D eigenvalue weighted by Crippen LogP contribution is 2.36. The van der Waals surface area contributed by atoms with Crippen LogP contribution in [0.3, 0.4) is 0 Å². The molecule has 2 fully saturated rings. The molecule has 1 aliphatic heterocycles. The van der Waals surface area contributed by atoms with Crippen molar-refractivity contribution in [3.05, 3.63) is 57.5 Å². The number of pyridine rings is 3. The predicted molar refractivity (Wildman–Crippen MR) is 146 cm³/mol. The standard InChI is InChI=1S/C29H32FN7O2/c1-18-24(10-11-26(30)33-18)37(16-19-12-13-39-17-19)22-7-5-21(6-8-22)35(2)28-23(15-32)29(38)36(3)25-9-4-20(14-31)34-27(25)28/h4,9-11,19,21-22H,5-8,12-13,16-17H2,1-3H3/t19?,21-,22-. The van der Waals surface area contributed by atoms with Crippen LogP contribution in [-0.2, 0) is 11.8 Å². The van der Waals surface area contributed by atoms with Gasteiger partial charge in [-0.25, -0.2) is 9.97 Å². The molecule has 0 bridgehead atoms. The van der Waals surface area contributed by atoms with Crippen LogP contribution in [0.4, 0.5) is 15.8 Å². The lowest BCUT2D eigenvalue weighted by Gasteiger charge is -2.42. The van der Waals surface area contributed by atoms with Gasteiger partial charge in [0.1, 0.15) is 28.9 Å². The monoisotopic (exact) mass is 529 g/mol. The van der Waals surface area contributed by atoms with Gasteiger partial charge in [0, 0.05) is 45.2 Å². The highest BCUT2D eigenvalue weighted by atomic mass is 19.1. The normalized spacial score (nSPS) is 20.9. The number of aryl methyl sites for hydroxylation is 2. The fraction of sp³-hybridized carbons (Fsp3) is 0.483. The van der Waals surface area contributed by atoms with Crippen molar-refractivity contribution in [3.8, 4) is 12.1 Å². The van der Waals surface area contributed by atoms with Crippen molar-refractivity contribution in [1.82, 2.24) is 14.5 Å². The third-order valence-corrected chi connectivity index (χ3v) is 8.26. The van der Waals surface area contributed by atoms with Gasteiger partial charge in [0.2, 0.25) is 5.95 Å². The summed E-state index contributed by atoms with van der Waals surface area (Å²) < 4.78 is 20.9. The molecule has 3 aromatic heterocycles. The van der Waals surface area contributed by atoms with Crippen molar-refractivity contribution in [3.63, 3.8) is 0 Å². The highest BCUT2D eigenvalue weighted by Gasteiger charge is 2.33. The highest BCUT2D eigenvalue weighted by molar-refractivity contribution is 5.92. The topological polar surface area (TPSA) is 111 Å². The second-order valence-electron chi connectivity index (χ2n) is 10.6. The molecule has 1 saturated carbocycles. The van der Waals surface area contributed by atoms with Crippen LogP contribution in [-0.4, -0.2) is 53.4 Å². The molecule has 0 radical (unpaired) electrons. The summed E-state index contributed by atoms with van der Waals surface area (Å²) in [6.45, 7) is 4.18. The average Bonchev–Trinajstić information content (AvgIpc) is 3.46. The summed E-state index contributed by atoms with van der Waals surface area (Å²) in [5.41, 5.74) is 3.07. The molecule has 0 amide bonds. The zero-order valence-corrected chi connectivity index (χ0v) is 22.5. The number of aromatic nitrogens is 3. The summed E-state index contributed by atoms with van der Waals surface area (Å²) in [5, 5.41) is 19.4. The molecule has 39 heavy (non-hydrogen) atoms. The van der Waals surface area contributed by atoms with Crippen molar-refractivity contribution in [2.75, 3.05) is 36.6 Å². The van der Waals surface area contributed by atoms with E-state index in [1.165, 1.54) is 10.6 Å². The van der Waals surface area contributed by atoms with Gasteiger partial charge in [0.25, 0.3) is 5.56 Å². The minimum atomic E-state index is -0.478. The van der Waals surface area contributed by atoms with Gasteiger partial charge in [0.05, 0.1) is 29.2 Å². The molecule has 5 rings (SSSR count). The van der Waals surface area contributed by atoms with E-state index in [1.807, 2.05) is 24.9 Å². The molecule has 1 aliphatic carbocycles. The fourth-order valence-electron chi connectivity index (χ4n) is 6.12. The number of halogens is 1. The molecule has 2 aliphatic rings. The molecule has 1 saturated heterocycles. The Hall–Kier alpha value is -4.02. The zero-order chi connectivity index (χ0) is 27.7. The smallest absolute Gasteiger partial charge is 0.270 e. The first-order valence-corrected chi connectivity index (χ1v) is 13.4. The maximum Gasteiger partial charge on any atom is 0.270 e. The number of nitrogens with zero attached hydrogens (tertiary/aromatic N) is 7. The molecule has 4 heterocycles. The van der Waals surface area contributed by atoms with Crippen LogP contribution < -0.4 is 15.4 Å². The zero-order valence-electron chi connectivity index (χ0n) is 22.5. The van der Waals surface area contributed by atoms with Crippen molar-refractivity contribution in [2.45, 2.75) is 51.1 Å². The van der Waals surface area contributed by atoms with Gasteiger partial charge in [-0.3, -0.25) is 4.79 Å². The van der Waals surface area contributed by atoms with Gasteiger partial charge < -0.3 is 19.1 Å². The second-order valence-corrected chi connectivity index (χ2v) is 10.6. The Kier molecular flexibility index (Phi) is 7.49. The predicted octanol–water partition coefficient (Wildman–Crippen LogP) is 3.81. The van der Waals surface area contributed by atoms with E-state index in [0.717, 1.165) is 57.6 Å². The van der Waals surface area contributed by atoms with Crippen LogP contribution in [0.15, 0.2) is 29.1 Å². The maximum atomic E-state index is 13.8. The minimum absolute atomic E-state index is 0.0353. The Morgan fingerprint density at radius 1 is 1.08 bits per heavy atom. The molecule has 0 aromatic carbocycles. The van der Waals surface area contributed by atoms with Gasteiger partial charge in [0.15, 0.2) is 0 Å². The lowest BCUT2D eigenvalue weighted by atomic mass is 9.88. The largest absolute Gasteiger partial charge is 0.381 e. The number of rotatable bonds is 6. The van der Waals surface area contributed by atoms with E-state index >= 15 is 0 Å². The van der Waals surface area contributed by atoms with E-state index in [2.05, 4.69) is 27.0 Å². The van der Waals surface area contributed by atoms with Gasteiger partial charge in [-0.15, -0.1) is 0 Å². The van der Waals surface area contributed by atoms with Gasteiger partial charge in [-0.05, 0) is 63.3 Å². The molecule has 0 N–H and O–H groups in total. The number of hydrogen-bond donors (Lipinski definition) is 0. The van der Waals surface area contributed by atoms with Crippen LogP contribution in [0.25, 0.3) is 11.0 Å². The van der Waals surface area contributed by atoms with Crippen LogP contribution in [0.5, 0.6) is 0 Å². The molecular formula is C29H32FN7O2. The summed E-state index contributed by atoms with van der Waals surface area (Å²) in [5.74, 6) is -0.0613. The maximum absolute atomic E-state index is 13.8. The van der Waals surface area contributed by atoms with Crippen molar-refractivity contribution >= 4 is 22.4 Å². The summed E-state index contributed by atoms with van der Waals surface area (Å²) in [4.78, 5) is 26.0. The van der Waals surface area contributed by atoms with E-state index in [1.54, 1.807) is 19.2 Å². The number of anilines is 2. The fourth-order valence-corrected chi connectivity index (χ4v) is 6.12. The van der Waals surface area contributed by atoms with Gasteiger partial charge in [-0.2, -0.15) is 14.9 Å². The van der Waals surface area contributed by atoms with Crippen LogP contribution >= 0.6 is 0 Å². The van der Waals surface area contributed by atoms with Crippen molar-refractivity contribution in [2.24, 2.45) is 13.0 Å². The Morgan fingerprint density at radius 3 is 2.46 bits per heavy atom. The van der Waals surface area contributed by atoms with Crippen LogP contribution in [0.2, 0.25) is 0 Å². The molecule has 3 aromatic rings. The molecule has 1 atom stereocenters. The SMILES string of the molecule is Cc1nc(F)ccc1N(CC1CCOC1)[C@H]1CC[C@H](N(C)c2c(C#N)c(=O)n(C)c3ccc(C#N)nc23)CC1. The van der Waals surface area contributed by atoms with Gasteiger partial charge >= 0.3 is 0 Å². The lowest BCUT2D eigenvalue weighted by molar-refractivity contribution is 0.185. The first kappa shape index (κ1) is 26.6. The molecule has 1 unspecified atom stereocenters. The lowest BCUT2D eigenvalue weighted by Crippen LogP contribution is -2.46. The van der Waals surface area contributed by atoms with Gasteiger partial charge in [-0.1, -0.05) is 0 Å². The number of nitriles is 2. The third-order valence-electron chi connectivity index (χ3n) is 8.26. The Morgan fingerprint density at radius 2 is 1.82 bits per heavy atom. The average molecular weight is 530 g/mol. The second kappa shape index (κ2) is 11.0. The van der Waals surface area contributed by atoms with Crippen LogP contribution in [0.1, 0.15) is 49.1 Å². The van der Waals surface area contributed by atoms with E-state index < -0.39 is 5.95 Å². The quantitative estimate of drug-likeness (QED) is 0.443. The van der Waals surface area contributed by atoms with Crippen molar-refractivity contribution in [1.29, 1.82) is 10.5 Å². The third kappa shape index (κ3) is 5.05. The summed E-state index contributed by atoms with van der Waals surface area (Å²) in [7, 11) is 3.52. The number of ether oxygens (including phenoxy) is 1. The van der Waals surface area contributed by atoms with E-state index in [-0.39, 0.29) is 28.9 Å². The Balaban J connectivity index is 1.43. The summed E-state index contributed by atoms with van der Waals surface area (Å²) in [6, 6.07) is 11.0. The van der Waals surface area contributed by atoms with Crippen LogP contribution in [0, 0.1) is 41.5 Å². The molecule has 10 heteroatoms. The summed E-state index contributed by atoms with van der Waals surface area (Å²) in [6.07, 6.45) is 4.47. The Labute approximate surface area is 227 Å². The Bertz CT molecular complexity index is 1530. The van der Waals surface area contributed by atoms with E-state index in [9.17, 15) is 19.7 Å². The molecule has 9 nitrogen and oxygen atoms in total. The van der Waals surface area contributed by atoms with E-state index in [0.29, 0.717) is 28.3 Å².